The summed E-state index contributed by atoms with van der Waals surface area (Å²) < 4.78 is 86.9. The first-order chi connectivity index (χ1) is 15.0. The number of fused-ring (bicyclic) bond motifs is 2. The second-order valence-corrected chi connectivity index (χ2v) is 8.28. The largest absolute Gasteiger partial charge is 0.534 e. The van der Waals surface area contributed by atoms with Crippen molar-refractivity contribution in [3.63, 3.8) is 0 Å². The number of alkyl halides is 3. The fourth-order valence-electron chi connectivity index (χ4n) is 3.34. The molecule has 0 spiro atoms. The molecule has 2 aromatic carbocycles. The number of nitrogens with zero attached hydrogens (tertiary/aromatic N) is 2. The van der Waals surface area contributed by atoms with Gasteiger partial charge in [-0.15, -0.1) is 0 Å². The molecule has 0 radical (unpaired) electrons. The van der Waals surface area contributed by atoms with E-state index < -0.39 is 33.1 Å². The molecule has 0 saturated carbocycles. The van der Waals surface area contributed by atoms with Gasteiger partial charge in [0.25, 0.3) is 0 Å². The van der Waals surface area contributed by atoms with Crippen molar-refractivity contribution in [2.75, 3.05) is 7.11 Å². The fourth-order valence-corrected chi connectivity index (χ4v) is 3.82. The van der Waals surface area contributed by atoms with E-state index in [9.17, 15) is 31.1 Å². The number of pyridine rings is 1. The standard InChI is InChI=1S/C20H14F4N2O5S/c1-30-17-13-3-2-8-25-16(13)18(31-32(28,29)20(22,23)24)15-14(17)10-26(19(15)27)9-11-4-6-12(21)7-5-11/h2-8,10,27H,9H2,1H3. The zero-order chi connectivity index (χ0) is 23.3. The monoisotopic (exact) mass is 470 g/mol. The van der Waals surface area contributed by atoms with Gasteiger partial charge in [-0.3, -0.25) is 4.98 Å². The summed E-state index contributed by atoms with van der Waals surface area (Å²) in [6, 6.07) is 8.27. The van der Waals surface area contributed by atoms with E-state index in [1.54, 1.807) is 0 Å². The number of ether oxygens (including phenoxy) is 1. The molecule has 0 aliphatic carbocycles. The molecular formula is C20H14F4N2O5S. The zero-order valence-electron chi connectivity index (χ0n) is 16.2. The van der Waals surface area contributed by atoms with Gasteiger partial charge in [0.15, 0.2) is 5.75 Å². The average Bonchev–Trinajstić information content (AvgIpc) is 3.05. The second kappa shape index (κ2) is 7.55. The molecule has 2 aromatic heterocycles. The second-order valence-electron chi connectivity index (χ2n) is 6.74. The molecule has 1 N–H and O–H groups in total. The van der Waals surface area contributed by atoms with Crippen LogP contribution in [-0.2, 0) is 16.7 Å². The number of hydrogen-bond acceptors (Lipinski definition) is 6. The van der Waals surface area contributed by atoms with Crippen LogP contribution in [0, 0.1) is 5.82 Å². The maximum atomic E-state index is 13.2. The summed E-state index contributed by atoms with van der Waals surface area (Å²) in [6.07, 6.45) is 2.60. The van der Waals surface area contributed by atoms with Crippen molar-refractivity contribution in [3.8, 4) is 17.4 Å². The molecule has 168 valence electrons. The summed E-state index contributed by atoms with van der Waals surface area (Å²) >= 11 is 0. The molecule has 0 saturated heterocycles. The Hall–Kier alpha value is -3.54. The maximum absolute atomic E-state index is 13.2. The molecule has 2 heterocycles. The molecule has 0 aliphatic heterocycles. The molecule has 0 fully saturated rings. The molecule has 0 amide bonds. The van der Waals surface area contributed by atoms with E-state index >= 15 is 0 Å². The summed E-state index contributed by atoms with van der Waals surface area (Å²) in [4.78, 5) is 3.95. The summed E-state index contributed by atoms with van der Waals surface area (Å²) in [5.74, 6) is -1.69. The van der Waals surface area contributed by atoms with E-state index in [4.69, 9.17) is 4.74 Å². The van der Waals surface area contributed by atoms with Crippen molar-refractivity contribution >= 4 is 31.8 Å². The highest BCUT2D eigenvalue weighted by atomic mass is 32.2. The van der Waals surface area contributed by atoms with Gasteiger partial charge in [0, 0.05) is 17.8 Å². The van der Waals surface area contributed by atoms with Gasteiger partial charge in [-0.25, -0.2) is 4.39 Å². The fraction of sp³-hybridized carbons (Fsp3) is 0.150. The number of halogens is 4. The predicted molar refractivity (Wildman–Crippen MR) is 107 cm³/mol. The zero-order valence-corrected chi connectivity index (χ0v) is 17.0. The van der Waals surface area contributed by atoms with Crippen LogP contribution in [0.15, 0.2) is 48.8 Å². The number of aromatic hydroxyl groups is 1. The smallest absolute Gasteiger partial charge is 0.495 e. The van der Waals surface area contributed by atoms with Gasteiger partial charge in [0.1, 0.15) is 17.1 Å². The Labute approximate surface area is 178 Å². The van der Waals surface area contributed by atoms with E-state index in [0.717, 1.165) is 0 Å². The van der Waals surface area contributed by atoms with Crippen LogP contribution in [0.2, 0.25) is 0 Å². The number of methoxy groups -OCH3 is 1. The SMILES string of the molecule is COc1c2cccnc2c(OS(=O)(=O)C(F)(F)F)c2c(O)n(Cc3ccc(F)cc3)cc12. The van der Waals surface area contributed by atoms with Gasteiger partial charge in [-0.05, 0) is 29.8 Å². The van der Waals surface area contributed by atoms with E-state index in [2.05, 4.69) is 9.17 Å². The minimum atomic E-state index is -6.07. The molecule has 32 heavy (non-hydrogen) atoms. The Morgan fingerprint density at radius 2 is 1.78 bits per heavy atom. The van der Waals surface area contributed by atoms with Gasteiger partial charge >= 0.3 is 15.6 Å². The lowest BCUT2D eigenvalue weighted by atomic mass is 10.1. The van der Waals surface area contributed by atoms with E-state index in [1.165, 1.54) is 60.5 Å². The van der Waals surface area contributed by atoms with Gasteiger partial charge in [-0.2, -0.15) is 21.6 Å². The van der Waals surface area contributed by atoms with E-state index in [-0.39, 0.29) is 34.0 Å². The van der Waals surface area contributed by atoms with Crippen molar-refractivity contribution < 1.29 is 40.0 Å². The molecule has 4 aromatic rings. The van der Waals surface area contributed by atoms with Crippen LogP contribution in [0.4, 0.5) is 17.6 Å². The van der Waals surface area contributed by atoms with Gasteiger partial charge in [-0.1, -0.05) is 12.1 Å². The highest BCUT2D eigenvalue weighted by Gasteiger charge is 2.49. The molecule has 7 nitrogen and oxygen atoms in total. The number of hydrogen-bond donors (Lipinski definition) is 1. The van der Waals surface area contributed by atoms with Crippen LogP contribution in [0.3, 0.4) is 0 Å². The third-order valence-corrected chi connectivity index (χ3v) is 5.69. The lowest BCUT2D eigenvalue weighted by molar-refractivity contribution is -0.0499. The maximum Gasteiger partial charge on any atom is 0.534 e. The van der Waals surface area contributed by atoms with Gasteiger partial charge < -0.3 is 18.6 Å². The Kier molecular flexibility index (Phi) is 5.12. The number of benzene rings is 2. The lowest BCUT2D eigenvalue weighted by Crippen LogP contribution is -2.28. The summed E-state index contributed by atoms with van der Waals surface area (Å²) in [5, 5.41) is 10.8. The third-order valence-electron chi connectivity index (χ3n) is 4.74. The Balaban J connectivity index is 2.01. The molecule has 4 rings (SSSR count). The van der Waals surface area contributed by atoms with Crippen molar-refractivity contribution in [1.29, 1.82) is 0 Å². The first kappa shape index (κ1) is 21.7. The normalized spacial score (nSPS) is 12.4. The van der Waals surface area contributed by atoms with Crippen molar-refractivity contribution in [3.05, 3.63) is 60.2 Å². The molecule has 0 bridgehead atoms. The van der Waals surface area contributed by atoms with Crippen LogP contribution >= 0.6 is 0 Å². The minimum absolute atomic E-state index is 0.000811. The van der Waals surface area contributed by atoms with Crippen LogP contribution in [0.5, 0.6) is 17.4 Å². The quantitative estimate of drug-likeness (QED) is 0.266. The Morgan fingerprint density at radius 1 is 1.09 bits per heavy atom. The Morgan fingerprint density at radius 3 is 2.41 bits per heavy atom. The van der Waals surface area contributed by atoms with Crippen molar-refractivity contribution in [1.82, 2.24) is 9.55 Å². The van der Waals surface area contributed by atoms with Gasteiger partial charge in [0.2, 0.25) is 5.88 Å². The molecule has 0 atom stereocenters. The Bertz CT molecular complexity index is 1430. The third kappa shape index (κ3) is 3.55. The first-order valence-corrected chi connectivity index (χ1v) is 10.4. The summed E-state index contributed by atoms with van der Waals surface area (Å²) in [6.45, 7) is -0.000811. The highest BCUT2D eigenvalue weighted by molar-refractivity contribution is 7.88. The van der Waals surface area contributed by atoms with Crippen LogP contribution in [-0.4, -0.2) is 35.7 Å². The summed E-state index contributed by atoms with van der Waals surface area (Å²) in [5.41, 5.74) is -5.39. The average molecular weight is 470 g/mol. The van der Waals surface area contributed by atoms with E-state index in [1.807, 2.05) is 0 Å². The topological polar surface area (TPSA) is 90.7 Å². The van der Waals surface area contributed by atoms with Crippen LogP contribution < -0.4 is 8.92 Å². The van der Waals surface area contributed by atoms with Crippen LogP contribution in [0.1, 0.15) is 5.56 Å². The molecule has 0 unspecified atom stereocenters. The molecule has 0 aliphatic rings. The van der Waals surface area contributed by atoms with Crippen LogP contribution in [0.25, 0.3) is 21.7 Å². The van der Waals surface area contributed by atoms with Crippen molar-refractivity contribution in [2.45, 2.75) is 12.1 Å². The first-order valence-electron chi connectivity index (χ1n) is 8.95. The molecule has 12 heteroatoms. The van der Waals surface area contributed by atoms with Crippen molar-refractivity contribution in [2.24, 2.45) is 0 Å². The van der Waals surface area contributed by atoms with E-state index in [0.29, 0.717) is 5.56 Å². The lowest BCUT2D eigenvalue weighted by Gasteiger charge is -2.14. The summed E-state index contributed by atoms with van der Waals surface area (Å²) in [7, 11) is -4.76. The number of rotatable bonds is 5. The number of aromatic nitrogens is 2. The van der Waals surface area contributed by atoms with Gasteiger partial charge in [0.05, 0.1) is 24.4 Å². The molecular weight excluding hydrogens is 456 g/mol. The predicted octanol–water partition coefficient (Wildman–Crippen LogP) is 4.32. The highest BCUT2D eigenvalue weighted by Crippen LogP contribution is 2.47. The minimum Gasteiger partial charge on any atom is -0.495 e.